The second-order valence-corrected chi connectivity index (χ2v) is 8.56. The minimum atomic E-state index is -0.487. The molecule has 2 fully saturated rings. The zero-order valence-corrected chi connectivity index (χ0v) is 17.8. The molecule has 1 aliphatic heterocycles. The van der Waals surface area contributed by atoms with Crippen LogP contribution >= 0.6 is 0 Å². The molecule has 0 spiro atoms. The van der Waals surface area contributed by atoms with Crippen molar-refractivity contribution in [3.63, 3.8) is 0 Å². The highest BCUT2D eigenvalue weighted by molar-refractivity contribution is 5.98. The molecular formula is C25H30N2O3. The molecule has 4 rings (SSSR count). The van der Waals surface area contributed by atoms with Gasteiger partial charge in [-0.2, -0.15) is 0 Å². The molecule has 1 atom stereocenters. The van der Waals surface area contributed by atoms with Gasteiger partial charge in [0, 0.05) is 18.8 Å². The summed E-state index contributed by atoms with van der Waals surface area (Å²) in [4.78, 5) is 28.2. The van der Waals surface area contributed by atoms with Gasteiger partial charge < -0.3 is 15.0 Å². The van der Waals surface area contributed by atoms with Crippen molar-refractivity contribution in [3.05, 3.63) is 65.2 Å². The van der Waals surface area contributed by atoms with Crippen molar-refractivity contribution in [1.82, 2.24) is 4.90 Å². The molecule has 1 saturated heterocycles. The lowest BCUT2D eigenvalue weighted by Crippen LogP contribution is -2.46. The Hall–Kier alpha value is -2.66. The van der Waals surface area contributed by atoms with Crippen LogP contribution in [0.5, 0.6) is 0 Å². The van der Waals surface area contributed by atoms with E-state index < -0.39 is 5.41 Å². The van der Waals surface area contributed by atoms with Crippen molar-refractivity contribution in [2.45, 2.75) is 51.0 Å². The zero-order valence-electron chi connectivity index (χ0n) is 17.8. The van der Waals surface area contributed by atoms with Crippen molar-refractivity contribution in [2.75, 3.05) is 25.0 Å². The number of benzene rings is 2. The molecule has 2 aromatic rings. The standard InChI is InChI=1S/C25H30N2O3/c1-18-8-6-12-22(19(18)2)26-23(28)17-27(16-21-11-7-15-30-21)24(29)25(13-14-25)20-9-4-3-5-10-20/h3-6,8-10,12,21H,7,11,13-17H2,1-2H3,(H,26,28). The number of nitrogens with zero attached hydrogens (tertiary/aromatic N) is 1. The number of ether oxygens (including phenoxy) is 1. The minimum absolute atomic E-state index is 0.00836. The number of carbonyl (C=O) groups excluding carboxylic acids is 2. The largest absolute Gasteiger partial charge is 0.376 e. The number of anilines is 1. The molecule has 1 unspecified atom stereocenters. The normalized spacial score (nSPS) is 19.3. The Balaban J connectivity index is 1.52. The molecular weight excluding hydrogens is 376 g/mol. The van der Waals surface area contributed by atoms with Crippen LogP contribution in [0.2, 0.25) is 0 Å². The van der Waals surface area contributed by atoms with E-state index in [0.29, 0.717) is 6.54 Å². The predicted octanol–water partition coefficient (Wildman–Crippen LogP) is 3.98. The Morgan fingerprint density at radius 3 is 2.53 bits per heavy atom. The Morgan fingerprint density at radius 1 is 1.10 bits per heavy atom. The average Bonchev–Trinajstić information content (AvgIpc) is 3.41. The third kappa shape index (κ3) is 4.26. The molecule has 5 nitrogen and oxygen atoms in total. The fourth-order valence-corrected chi connectivity index (χ4v) is 4.31. The Bertz CT molecular complexity index is 915. The highest BCUT2D eigenvalue weighted by atomic mass is 16.5. The number of hydrogen-bond acceptors (Lipinski definition) is 3. The SMILES string of the molecule is Cc1cccc(NC(=O)CN(CC2CCCO2)C(=O)C2(c3ccccc3)CC2)c1C. The van der Waals surface area contributed by atoms with Gasteiger partial charge in [-0.1, -0.05) is 42.5 Å². The van der Waals surface area contributed by atoms with E-state index in [-0.39, 0.29) is 24.5 Å². The molecule has 1 aliphatic carbocycles. The van der Waals surface area contributed by atoms with E-state index in [1.165, 1.54) is 0 Å². The number of nitrogens with one attached hydrogen (secondary N) is 1. The van der Waals surface area contributed by atoms with Crippen LogP contribution < -0.4 is 5.32 Å². The quantitative estimate of drug-likeness (QED) is 0.757. The van der Waals surface area contributed by atoms with Crippen molar-refractivity contribution in [3.8, 4) is 0 Å². The lowest BCUT2D eigenvalue weighted by molar-refractivity contribution is -0.138. The summed E-state index contributed by atoms with van der Waals surface area (Å²) in [5.41, 5.74) is 3.53. The topological polar surface area (TPSA) is 58.6 Å². The summed E-state index contributed by atoms with van der Waals surface area (Å²) in [6.45, 7) is 5.25. The first-order valence-corrected chi connectivity index (χ1v) is 10.8. The summed E-state index contributed by atoms with van der Waals surface area (Å²) in [5, 5.41) is 3.00. The van der Waals surface area contributed by atoms with E-state index in [1.54, 1.807) is 4.90 Å². The van der Waals surface area contributed by atoms with Gasteiger partial charge in [-0.15, -0.1) is 0 Å². The fraction of sp³-hybridized carbons (Fsp3) is 0.440. The molecule has 0 bridgehead atoms. The summed E-state index contributed by atoms with van der Waals surface area (Å²) in [6.07, 6.45) is 3.60. The number of amides is 2. The zero-order chi connectivity index (χ0) is 21.1. The Labute approximate surface area is 178 Å². The highest BCUT2D eigenvalue weighted by Crippen LogP contribution is 2.49. The maximum absolute atomic E-state index is 13.6. The van der Waals surface area contributed by atoms with Crippen molar-refractivity contribution in [1.29, 1.82) is 0 Å². The van der Waals surface area contributed by atoms with Gasteiger partial charge in [0.2, 0.25) is 11.8 Å². The number of hydrogen-bond donors (Lipinski definition) is 1. The van der Waals surface area contributed by atoms with Crippen LogP contribution in [0, 0.1) is 13.8 Å². The first-order chi connectivity index (χ1) is 14.5. The van der Waals surface area contributed by atoms with E-state index in [0.717, 1.165) is 54.7 Å². The van der Waals surface area contributed by atoms with Crippen LogP contribution in [0.25, 0.3) is 0 Å². The van der Waals surface area contributed by atoms with Crippen LogP contribution in [0.15, 0.2) is 48.5 Å². The Kier molecular flexibility index (Phi) is 5.91. The van der Waals surface area contributed by atoms with Crippen LogP contribution in [-0.2, 0) is 19.7 Å². The molecule has 2 amide bonds. The van der Waals surface area contributed by atoms with E-state index in [9.17, 15) is 9.59 Å². The molecule has 1 N–H and O–H groups in total. The second kappa shape index (κ2) is 8.60. The van der Waals surface area contributed by atoms with Crippen molar-refractivity contribution in [2.24, 2.45) is 0 Å². The van der Waals surface area contributed by atoms with Gasteiger partial charge in [-0.3, -0.25) is 9.59 Å². The lowest BCUT2D eigenvalue weighted by Gasteiger charge is -2.29. The van der Waals surface area contributed by atoms with E-state index in [2.05, 4.69) is 5.32 Å². The summed E-state index contributed by atoms with van der Waals surface area (Å²) < 4.78 is 5.78. The molecule has 158 valence electrons. The third-order valence-corrected chi connectivity index (χ3v) is 6.43. The molecule has 1 saturated carbocycles. The van der Waals surface area contributed by atoms with Gasteiger partial charge in [0.15, 0.2) is 0 Å². The summed E-state index contributed by atoms with van der Waals surface area (Å²) in [5.74, 6) is -0.126. The van der Waals surface area contributed by atoms with Crippen molar-refractivity contribution >= 4 is 17.5 Å². The van der Waals surface area contributed by atoms with Gasteiger partial charge in [0.1, 0.15) is 0 Å². The van der Waals surface area contributed by atoms with E-state index >= 15 is 0 Å². The molecule has 0 radical (unpaired) electrons. The number of rotatable bonds is 7. The van der Waals surface area contributed by atoms with Gasteiger partial charge in [-0.25, -0.2) is 0 Å². The van der Waals surface area contributed by atoms with Crippen LogP contribution in [0.1, 0.15) is 42.4 Å². The molecule has 0 aromatic heterocycles. The number of carbonyl (C=O) groups is 2. The third-order valence-electron chi connectivity index (χ3n) is 6.43. The lowest BCUT2D eigenvalue weighted by atomic mass is 9.94. The second-order valence-electron chi connectivity index (χ2n) is 8.56. The number of aryl methyl sites for hydroxylation is 1. The maximum atomic E-state index is 13.6. The smallest absolute Gasteiger partial charge is 0.244 e. The molecule has 2 aromatic carbocycles. The maximum Gasteiger partial charge on any atom is 0.244 e. The highest BCUT2D eigenvalue weighted by Gasteiger charge is 2.53. The predicted molar refractivity (Wildman–Crippen MR) is 117 cm³/mol. The van der Waals surface area contributed by atoms with Gasteiger partial charge in [0.25, 0.3) is 0 Å². The molecule has 1 heterocycles. The van der Waals surface area contributed by atoms with Gasteiger partial charge in [-0.05, 0) is 62.3 Å². The van der Waals surface area contributed by atoms with Crippen LogP contribution in [0.3, 0.4) is 0 Å². The summed E-state index contributed by atoms with van der Waals surface area (Å²) in [6, 6.07) is 15.8. The summed E-state index contributed by atoms with van der Waals surface area (Å²) >= 11 is 0. The average molecular weight is 407 g/mol. The Morgan fingerprint density at radius 2 is 1.87 bits per heavy atom. The first-order valence-electron chi connectivity index (χ1n) is 10.8. The molecule has 2 aliphatic rings. The van der Waals surface area contributed by atoms with E-state index in [4.69, 9.17) is 4.74 Å². The van der Waals surface area contributed by atoms with Crippen LogP contribution in [0.4, 0.5) is 5.69 Å². The molecule has 30 heavy (non-hydrogen) atoms. The van der Waals surface area contributed by atoms with Crippen LogP contribution in [-0.4, -0.2) is 42.5 Å². The first kappa shape index (κ1) is 20.6. The fourth-order valence-electron chi connectivity index (χ4n) is 4.31. The van der Waals surface area contributed by atoms with Crippen molar-refractivity contribution < 1.29 is 14.3 Å². The van der Waals surface area contributed by atoms with Gasteiger partial charge in [0.05, 0.1) is 18.1 Å². The van der Waals surface area contributed by atoms with E-state index in [1.807, 2.05) is 62.4 Å². The minimum Gasteiger partial charge on any atom is -0.376 e. The molecule has 5 heteroatoms. The van der Waals surface area contributed by atoms with Gasteiger partial charge >= 0.3 is 0 Å². The summed E-state index contributed by atoms with van der Waals surface area (Å²) in [7, 11) is 0. The monoisotopic (exact) mass is 406 g/mol.